The Morgan fingerprint density at radius 3 is 1.91 bits per heavy atom. The number of hydrogen-bond donors (Lipinski definition) is 0. The molecule has 0 rings (SSSR count). The summed E-state index contributed by atoms with van der Waals surface area (Å²) in [5.41, 5.74) is 2.38. The number of hydrogen-bond acceptors (Lipinski definition) is 0. The lowest BCUT2D eigenvalue weighted by Gasteiger charge is -1.93. The van der Waals surface area contributed by atoms with E-state index in [2.05, 4.69) is 19.6 Å². The van der Waals surface area contributed by atoms with E-state index in [1.165, 1.54) is 5.57 Å². The molecular formula is C11H20. The van der Waals surface area contributed by atoms with Crippen LogP contribution < -0.4 is 0 Å². The second-order valence-corrected chi connectivity index (χ2v) is 2.16. The molecular weight excluding hydrogens is 132 g/mol. The molecule has 0 radical (unpaired) electrons. The predicted molar refractivity (Wildman–Crippen MR) is 54.7 cm³/mol. The average molecular weight is 152 g/mol. The molecule has 0 spiro atoms. The lowest BCUT2D eigenvalue weighted by atomic mass is 10.1. The molecule has 0 N–H and O–H groups in total. The second kappa shape index (κ2) is 9.22. The van der Waals surface area contributed by atoms with Crippen molar-refractivity contribution >= 4 is 0 Å². The first-order chi connectivity index (χ1) is 5.18. The van der Waals surface area contributed by atoms with Gasteiger partial charge in [0.1, 0.15) is 0 Å². The summed E-state index contributed by atoms with van der Waals surface area (Å²) in [7, 11) is 0. The largest absolute Gasteiger partial charge is 0.0958 e. The van der Waals surface area contributed by atoms with Crippen molar-refractivity contribution in [2.75, 3.05) is 0 Å². The quantitative estimate of drug-likeness (QED) is 0.522. The molecule has 0 saturated carbocycles. The van der Waals surface area contributed by atoms with Gasteiger partial charge in [-0.2, -0.15) is 0 Å². The van der Waals surface area contributed by atoms with E-state index >= 15 is 0 Å². The van der Waals surface area contributed by atoms with Crippen molar-refractivity contribution in [3.05, 3.63) is 36.0 Å². The number of allylic oxidation sites excluding steroid dienone is 5. The smallest absolute Gasteiger partial charge is 0.0395 e. The Balaban J connectivity index is 0. The summed E-state index contributed by atoms with van der Waals surface area (Å²) in [6.45, 7) is 13.9. The zero-order valence-corrected chi connectivity index (χ0v) is 8.44. The first-order valence-electron chi connectivity index (χ1n) is 4.14. The molecule has 0 aliphatic carbocycles. The summed E-state index contributed by atoms with van der Waals surface area (Å²) >= 11 is 0. The minimum Gasteiger partial charge on any atom is -0.0958 e. The third-order valence-electron chi connectivity index (χ3n) is 1.21. The van der Waals surface area contributed by atoms with Gasteiger partial charge in [-0.1, -0.05) is 44.2 Å². The highest BCUT2D eigenvalue weighted by molar-refractivity contribution is 5.27. The van der Waals surface area contributed by atoms with Gasteiger partial charge in [-0.3, -0.25) is 0 Å². The molecule has 0 heterocycles. The maximum absolute atomic E-state index is 3.81. The van der Waals surface area contributed by atoms with E-state index in [-0.39, 0.29) is 0 Å². The number of rotatable bonds is 2. The van der Waals surface area contributed by atoms with Gasteiger partial charge in [0.2, 0.25) is 0 Å². The van der Waals surface area contributed by atoms with Crippen LogP contribution in [0.5, 0.6) is 0 Å². The molecule has 0 heteroatoms. The van der Waals surface area contributed by atoms with Gasteiger partial charge in [0.25, 0.3) is 0 Å². The van der Waals surface area contributed by atoms with Gasteiger partial charge in [-0.05, 0) is 26.3 Å². The van der Waals surface area contributed by atoms with Gasteiger partial charge in [-0.25, -0.2) is 0 Å². The molecule has 0 aromatic carbocycles. The SMILES string of the molecule is C=C(C)/C(C)=C\C=C/C.CC. The highest BCUT2D eigenvalue weighted by Gasteiger charge is 1.83. The Kier molecular flexibility index (Phi) is 10.8. The van der Waals surface area contributed by atoms with Crippen molar-refractivity contribution in [1.29, 1.82) is 0 Å². The van der Waals surface area contributed by atoms with E-state index in [4.69, 9.17) is 0 Å². The normalized spacial score (nSPS) is 10.8. The topological polar surface area (TPSA) is 0 Å². The van der Waals surface area contributed by atoms with Crippen molar-refractivity contribution in [2.24, 2.45) is 0 Å². The molecule has 11 heavy (non-hydrogen) atoms. The second-order valence-electron chi connectivity index (χ2n) is 2.16. The third kappa shape index (κ3) is 9.22. The summed E-state index contributed by atoms with van der Waals surface area (Å²) in [6.07, 6.45) is 6.08. The predicted octanol–water partition coefficient (Wildman–Crippen LogP) is 4.11. The van der Waals surface area contributed by atoms with Gasteiger partial charge in [0, 0.05) is 0 Å². The molecule has 0 saturated heterocycles. The highest BCUT2D eigenvalue weighted by atomic mass is 13.9. The fourth-order valence-corrected chi connectivity index (χ4v) is 0.383. The monoisotopic (exact) mass is 152 g/mol. The van der Waals surface area contributed by atoms with Crippen LogP contribution in [0, 0.1) is 0 Å². The van der Waals surface area contributed by atoms with Crippen LogP contribution >= 0.6 is 0 Å². The molecule has 0 bridgehead atoms. The van der Waals surface area contributed by atoms with Crippen LogP contribution in [0.4, 0.5) is 0 Å². The van der Waals surface area contributed by atoms with Crippen molar-refractivity contribution in [2.45, 2.75) is 34.6 Å². The van der Waals surface area contributed by atoms with Crippen LogP contribution in [-0.4, -0.2) is 0 Å². The summed E-state index contributed by atoms with van der Waals surface area (Å²) < 4.78 is 0. The molecule has 0 fully saturated rings. The average Bonchev–Trinajstić information content (AvgIpc) is 2.03. The van der Waals surface area contributed by atoms with E-state index in [0.717, 1.165) is 5.57 Å². The Labute approximate surface area is 71.3 Å². The van der Waals surface area contributed by atoms with E-state index < -0.39 is 0 Å². The van der Waals surface area contributed by atoms with E-state index in [9.17, 15) is 0 Å². The molecule has 64 valence electrons. The maximum Gasteiger partial charge on any atom is -0.0395 e. The van der Waals surface area contributed by atoms with Gasteiger partial charge in [0.15, 0.2) is 0 Å². The molecule has 0 aliphatic heterocycles. The Hall–Kier alpha value is -0.780. The molecule has 0 aliphatic rings. The first kappa shape index (κ1) is 12.9. The molecule has 0 aromatic rings. The van der Waals surface area contributed by atoms with Crippen LogP contribution in [0.25, 0.3) is 0 Å². The summed E-state index contributed by atoms with van der Waals surface area (Å²) in [5.74, 6) is 0. The highest BCUT2D eigenvalue weighted by Crippen LogP contribution is 2.03. The minimum absolute atomic E-state index is 1.13. The van der Waals surface area contributed by atoms with E-state index in [1.54, 1.807) is 0 Å². The van der Waals surface area contributed by atoms with Crippen LogP contribution in [-0.2, 0) is 0 Å². The van der Waals surface area contributed by atoms with Crippen molar-refractivity contribution in [1.82, 2.24) is 0 Å². The van der Waals surface area contributed by atoms with Crippen LogP contribution in [0.1, 0.15) is 34.6 Å². The zero-order valence-electron chi connectivity index (χ0n) is 8.44. The van der Waals surface area contributed by atoms with Gasteiger partial charge >= 0.3 is 0 Å². The lowest BCUT2D eigenvalue weighted by molar-refractivity contribution is 1.36. The molecule has 0 aromatic heterocycles. The molecule has 0 nitrogen and oxygen atoms in total. The van der Waals surface area contributed by atoms with Crippen LogP contribution in [0.2, 0.25) is 0 Å². The maximum atomic E-state index is 3.81. The van der Waals surface area contributed by atoms with Gasteiger partial charge in [-0.15, -0.1) is 0 Å². The lowest BCUT2D eigenvalue weighted by Crippen LogP contribution is -1.72. The van der Waals surface area contributed by atoms with E-state index in [0.29, 0.717) is 0 Å². The fourth-order valence-electron chi connectivity index (χ4n) is 0.383. The molecule has 0 atom stereocenters. The Morgan fingerprint density at radius 1 is 1.18 bits per heavy atom. The van der Waals surface area contributed by atoms with Gasteiger partial charge < -0.3 is 0 Å². The van der Waals surface area contributed by atoms with Crippen molar-refractivity contribution in [3.8, 4) is 0 Å². The minimum atomic E-state index is 1.13. The third-order valence-corrected chi connectivity index (χ3v) is 1.21. The Morgan fingerprint density at radius 2 is 1.64 bits per heavy atom. The summed E-state index contributed by atoms with van der Waals surface area (Å²) in [5, 5.41) is 0. The fraction of sp³-hybridized carbons (Fsp3) is 0.455. The standard InChI is InChI=1S/C9H14.C2H6/c1-5-6-7-9(4)8(2)3;1-2/h5-7H,2H2,1,3-4H3;1-2H3/b6-5-,9-7-;. The van der Waals surface area contributed by atoms with Crippen LogP contribution in [0.15, 0.2) is 36.0 Å². The van der Waals surface area contributed by atoms with Crippen LogP contribution in [0.3, 0.4) is 0 Å². The van der Waals surface area contributed by atoms with Crippen molar-refractivity contribution in [3.63, 3.8) is 0 Å². The van der Waals surface area contributed by atoms with Crippen molar-refractivity contribution < 1.29 is 0 Å². The molecule has 0 amide bonds. The first-order valence-corrected chi connectivity index (χ1v) is 4.14. The zero-order chi connectivity index (χ0) is 9.28. The summed E-state index contributed by atoms with van der Waals surface area (Å²) in [6, 6.07) is 0. The van der Waals surface area contributed by atoms with Gasteiger partial charge in [0.05, 0.1) is 0 Å². The Bertz CT molecular complexity index is 147. The molecule has 0 unspecified atom stereocenters. The van der Waals surface area contributed by atoms with E-state index in [1.807, 2.05) is 39.8 Å². The summed E-state index contributed by atoms with van der Waals surface area (Å²) in [4.78, 5) is 0.